The summed E-state index contributed by atoms with van der Waals surface area (Å²) in [5, 5.41) is 13.5. The van der Waals surface area contributed by atoms with E-state index in [1.54, 1.807) is 18.2 Å². The Morgan fingerprint density at radius 2 is 2.00 bits per heavy atom. The molecule has 2 aromatic carbocycles. The number of allylic oxidation sites excluding steroid dienone is 5. The number of thioether (sulfide) groups is 1. The van der Waals surface area contributed by atoms with E-state index in [2.05, 4.69) is 24.9 Å². The number of aromatic carboxylic acids is 1. The molecule has 0 aliphatic rings. The number of aromatic nitrogens is 2. The maximum atomic E-state index is 12.6. The molecule has 3 rings (SSSR count). The number of nitrogens with zero attached hydrogens (tertiary/aromatic N) is 2. The molecule has 0 aliphatic heterocycles. The number of fused-ring (bicyclic) bond motifs is 1. The van der Waals surface area contributed by atoms with Crippen LogP contribution in [0.15, 0.2) is 78.4 Å². The van der Waals surface area contributed by atoms with Crippen molar-refractivity contribution in [2.24, 2.45) is 0 Å². The van der Waals surface area contributed by atoms with Crippen LogP contribution in [0.2, 0.25) is 0 Å². The number of amides is 1. The highest BCUT2D eigenvalue weighted by atomic mass is 32.2. The summed E-state index contributed by atoms with van der Waals surface area (Å²) in [6.45, 7) is 7.71. The van der Waals surface area contributed by atoms with Crippen LogP contribution in [0, 0.1) is 0 Å². The third kappa shape index (κ3) is 6.17. The summed E-state index contributed by atoms with van der Waals surface area (Å²) < 4.78 is 0. The second kappa shape index (κ2) is 11.2. The van der Waals surface area contributed by atoms with Crippen molar-refractivity contribution < 1.29 is 14.7 Å². The van der Waals surface area contributed by atoms with Crippen molar-refractivity contribution in [2.75, 3.05) is 11.1 Å². The fourth-order valence-corrected chi connectivity index (χ4v) is 3.95. The van der Waals surface area contributed by atoms with Gasteiger partial charge in [-0.1, -0.05) is 61.7 Å². The molecular weight excluding hydrogens is 434 g/mol. The molecule has 0 saturated carbocycles. The monoisotopic (exact) mass is 459 g/mol. The Kier molecular flexibility index (Phi) is 8.16. The Balaban J connectivity index is 1.89. The standard InChI is InChI=1S/C26H25N3O3S/c1-4-7-9-18(6-3)24-28-22-13-12-17(5-2)14-21(22)25(29-24)33-16-23(30)27-20-11-8-10-19(15-20)26(31)32/h4,6-15H,1,5,16H2,2-3H3,(H,27,30)(H,31,32)/b9-7-,18-6+. The number of carboxylic acid groups (broad SMARTS) is 1. The van der Waals surface area contributed by atoms with Crippen molar-refractivity contribution in [3.05, 3.63) is 90.3 Å². The third-order valence-electron chi connectivity index (χ3n) is 4.85. The van der Waals surface area contributed by atoms with E-state index < -0.39 is 5.97 Å². The Morgan fingerprint density at radius 1 is 1.18 bits per heavy atom. The molecule has 2 N–H and O–H groups in total. The molecule has 0 aliphatic carbocycles. The van der Waals surface area contributed by atoms with E-state index in [-0.39, 0.29) is 17.2 Å². The number of aryl methyl sites for hydroxylation is 1. The molecule has 0 spiro atoms. The van der Waals surface area contributed by atoms with Crippen molar-refractivity contribution in [3.63, 3.8) is 0 Å². The van der Waals surface area contributed by atoms with Crippen molar-refractivity contribution in [3.8, 4) is 0 Å². The Hall–Kier alpha value is -3.71. The zero-order valence-electron chi connectivity index (χ0n) is 18.5. The first kappa shape index (κ1) is 23.9. The Morgan fingerprint density at radius 3 is 2.70 bits per heavy atom. The summed E-state index contributed by atoms with van der Waals surface area (Å²) in [5.41, 5.74) is 3.38. The first-order valence-corrected chi connectivity index (χ1v) is 11.5. The predicted molar refractivity (Wildman–Crippen MR) is 135 cm³/mol. The van der Waals surface area contributed by atoms with Crippen LogP contribution in [-0.4, -0.2) is 32.7 Å². The average Bonchev–Trinajstić information content (AvgIpc) is 2.82. The van der Waals surface area contributed by atoms with Gasteiger partial charge >= 0.3 is 5.97 Å². The van der Waals surface area contributed by atoms with Crippen LogP contribution < -0.4 is 5.32 Å². The molecule has 33 heavy (non-hydrogen) atoms. The van der Waals surface area contributed by atoms with E-state index in [4.69, 9.17) is 15.1 Å². The minimum Gasteiger partial charge on any atom is -0.478 e. The van der Waals surface area contributed by atoms with Crippen LogP contribution >= 0.6 is 11.8 Å². The molecule has 0 radical (unpaired) electrons. The molecule has 7 heteroatoms. The van der Waals surface area contributed by atoms with E-state index in [0.717, 1.165) is 28.5 Å². The average molecular weight is 460 g/mol. The molecule has 0 fully saturated rings. The number of hydrogen-bond acceptors (Lipinski definition) is 5. The second-order valence-electron chi connectivity index (χ2n) is 7.12. The van der Waals surface area contributed by atoms with Crippen molar-refractivity contribution >= 4 is 45.8 Å². The summed E-state index contributed by atoms with van der Waals surface area (Å²) in [5.74, 6) is -0.602. The number of carbonyl (C=O) groups excluding carboxylic acids is 1. The van der Waals surface area contributed by atoms with Gasteiger partial charge in [0.15, 0.2) is 5.82 Å². The lowest BCUT2D eigenvalue weighted by molar-refractivity contribution is -0.113. The molecule has 168 valence electrons. The zero-order chi connectivity index (χ0) is 23.8. The SMILES string of the molecule is C=C/C=C\C(=C/C)c1nc(SCC(=O)Nc2cccc(C(=O)O)c2)c2cc(CC)ccc2n1. The number of carbonyl (C=O) groups is 2. The van der Waals surface area contributed by atoms with Gasteiger partial charge in [-0.25, -0.2) is 14.8 Å². The van der Waals surface area contributed by atoms with Crippen molar-refractivity contribution in [1.29, 1.82) is 0 Å². The lowest BCUT2D eigenvalue weighted by atomic mass is 10.1. The zero-order valence-corrected chi connectivity index (χ0v) is 19.4. The molecule has 0 saturated heterocycles. The van der Waals surface area contributed by atoms with Crippen LogP contribution in [0.3, 0.4) is 0 Å². The van der Waals surface area contributed by atoms with Gasteiger partial charge in [0, 0.05) is 16.6 Å². The van der Waals surface area contributed by atoms with Gasteiger partial charge in [0.25, 0.3) is 0 Å². The quantitative estimate of drug-likeness (QED) is 0.240. The maximum Gasteiger partial charge on any atom is 0.335 e. The first-order valence-electron chi connectivity index (χ1n) is 10.5. The van der Waals surface area contributed by atoms with Crippen LogP contribution in [0.25, 0.3) is 16.5 Å². The summed E-state index contributed by atoms with van der Waals surface area (Å²) in [6.07, 6.45) is 8.22. The highest BCUT2D eigenvalue weighted by Crippen LogP contribution is 2.29. The number of nitrogens with one attached hydrogen (secondary N) is 1. The van der Waals surface area contributed by atoms with E-state index in [0.29, 0.717) is 16.5 Å². The molecule has 6 nitrogen and oxygen atoms in total. The van der Waals surface area contributed by atoms with E-state index in [9.17, 15) is 9.59 Å². The normalized spacial score (nSPS) is 11.6. The molecular formula is C26H25N3O3S. The number of benzene rings is 2. The number of anilines is 1. The maximum absolute atomic E-state index is 12.6. The van der Waals surface area contributed by atoms with Crippen LogP contribution in [0.5, 0.6) is 0 Å². The lowest BCUT2D eigenvalue weighted by Gasteiger charge is -2.11. The van der Waals surface area contributed by atoms with E-state index in [1.807, 2.05) is 37.3 Å². The molecule has 0 bridgehead atoms. The van der Waals surface area contributed by atoms with E-state index >= 15 is 0 Å². The van der Waals surface area contributed by atoms with Crippen molar-refractivity contribution in [2.45, 2.75) is 25.3 Å². The molecule has 0 atom stereocenters. The Bertz CT molecular complexity index is 1260. The van der Waals surface area contributed by atoms with Gasteiger partial charge in [0.05, 0.1) is 16.8 Å². The van der Waals surface area contributed by atoms with E-state index in [1.165, 1.54) is 23.9 Å². The highest BCUT2D eigenvalue weighted by Gasteiger charge is 2.13. The van der Waals surface area contributed by atoms with Gasteiger partial charge in [0.1, 0.15) is 5.03 Å². The fraction of sp³-hybridized carbons (Fsp3) is 0.154. The molecule has 3 aromatic rings. The summed E-state index contributed by atoms with van der Waals surface area (Å²) >= 11 is 1.32. The topological polar surface area (TPSA) is 92.2 Å². The van der Waals surface area contributed by atoms with Gasteiger partial charge in [0.2, 0.25) is 5.91 Å². The second-order valence-corrected chi connectivity index (χ2v) is 8.08. The molecule has 1 heterocycles. The third-order valence-corrected chi connectivity index (χ3v) is 5.84. The van der Waals surface area contributed by atoms with Crippen LogP contribution in [0.4, 0.5) is 5.69 Å². The lowest BCUT2D eigenvalue weighted by Crippen LogP contribution is -2.14. The summed E-state index contributed by atoms with van der Waals surface area (Å²) in [4.78, 5) is 33.2. The van der Waals surface area contributed by atoms with Crippen LogP contribution in [0.1, 0.15) is 35.6 Å². The van der Waals surface area contributed by atoms with Gasteiger partial charge < -0.3 is 10.4 Å². The Labute approximate surface area is 197 Å². The minimum atomic E-state index is -1.04. The van der Waals surface area contributed by atoms with Gasteiger partial charge in [-0.15, -0.1) is 0 Å². The van der Waals surface area contributed by atoms with Gasteiger partial charge in [-0.05, 0) is 49.2 Å². The largest absolute Gasteiger partial charge is 0.478 e. The summed E-state index contributed by atoms with van der Waals surface area (Å²) in [7, 11) is 0. The molecule has 1 aromatic heterocycles. The fourth-order valence-electron chi connectivity index (χ4n) is 3.14. The number of carboxylic acids is 1. The predicted octanol–water partition coefficient (Wildman–Crippen LogP) is 5.77. The molecule has 0 unspecified atom stereocenters. The minimum absolute atomic E-state index is 0.116. The number of hydrogen-bond donors (Lipinski definition) is 2. The highest BCUT2D eigenvalue weighted by molar-refractivity contribution is 8.00. The van der Waals surface area contributed by atoms with Gasteiger partial charge in [-0.3, -0.25) is 4.79 Å². The molecule has 1 amide bonds. The van der Waals surface area contributed by atoms with Gasteiger partial charge in [-0.2, -0.15) is 0 Å². The first-order chi connectivity index (χ1) is 15.9. The van der Waals surface area contributed by atoms with Crippen LogP contribution in [-0.2, 0) is 11.2 Å². The number of rotatable bonds is 9. The summed E-state index contributed by atoms with van der Waals surface area (Å²) in [6, 6.07) is 12.2. The van der Waals surface area contributed by atoms with Crippen molar-refractivity contribution in [1.82, 2.24) is 9.97 Å². The smallest absolute Gasteiger partial charge is 0.335 e.